The van der Waals surface area contributed by atoms with E-state index in [1.807, 2.05) is 18.2 Å². The van der Waals surface area contributed by atoms with Crippen LogP contribution in [-0.2, 0) is 9.53 Å². The van der Waals surface area contributed by atoms with Crippen LogP contribution in [0.25, 0.3) is 21.3 Å². The van der Waals surface area contributed by atoms with Crippen molar-refractivity contribution in [3.05, 3.63) is 41.5 Å². The molecule has 0 radical (unpaired) electrons. The maximum Gasteiger partial charge on any atom is 0.220 e. The van der Waals surface area contributed by atoms with E-state index in [1.165, 1.54) is 16.0 Å². The molecule has 2 aromatic heterocycles. The van der Waals surface area contributed by atoms with E-state index in [4.69, 9.17) is 4.74 Å². The molecule has 1 aliphatic rings. The number of hydrogen-bond acceptors (Lipinski definition) is 7. The van der Waals surface area contributed by atoms with E-state index in [9.17, 15) is 4.79 Å². The molecule has 1 saturated heterocycles. The summed E-state index contributed by atoms with van der Waals surface area (Å²) in [7, 11) is 0. The minimum Gasteiger partial charge on any atom is -0.379 e. The van der Waals surface area contributed by atoms with Crippen LogP contribution in [-0.4, -0.2) is 66.7 Å². The Balaban J connectivity index is 1.30. The largest absolute Gasteiger partial charge is 0.379 e. The van der Waals surface area contributed by atoms with Gasteiger partial charge in [0.25, 0.3) is 0 Å². The molecule has 0 unspecified atom stereocenters. The van der Waals surface area contributed by atoms with Crippen molar-refractivity contribution in [2.24, 2.45) is 0 Å². The van der Waals surface area contributed by atoms with Crippen LogP contribution in [0.15, 0.2) is 36.7 Å². The van der Waals surface area contributed by atoms with Crippen molar-refractivity contribution in [3.8, 4) is 11.1 Å². The van der Waals surface area contributed by atoms with Gasteiger partial charge in [0.2, 0.25) is 5.91 Å². The van der Waals surface area contributed by atoms with Crippen LogP contribution in [0.5, 0.6) is 0 Å². The molecule has 0 spiro atoms. The normalized spacial score (nSPS) is 14.6. The zero-order valence-electron chi connectivity index (χ0n) is 17.9. The summed E-state index contributed by atoms with van der Waals surface area (Å²) in [5.74, 6) is 0.931. The molecule has 164 valence electrons. The number of aryl methyl sites for hydroxylation is 1. The van der Waals surface area contributed by atoms with Crippen molar-refractivity contribution >= 4 is 33.3 Å². The first-order valence-corrected chi connectivity index (χ1v) is 11.6. The molecule has 1 amide bonds. The first-order chi connectivity index (χ1) is 15.2. The Labute approximate surface area is 186 Å². The zero-order valence-corrected chi connectivity index (χ0v) is 18.7. The molecule has 8 heteroatoms. The lowest BCUT2D eigenvalue weighted by Crippen LogP contribution is -2.41. The van der Waals surface area contributed by atoms with Crippen LogP contribution in [0.2, 0.25) is 0 Å². The smallest absolute Gasteiger partial charge is 0.220 e. The van der Waals surface area contributed by atoms with Crippen molar-refractivity contribution in [3.63, 3.8) is 0 Å². The number of carbonyl (C=O) groups is 1. The monoisotopic (exact) mass is 439 g/mol. The number of ether oxygens (including phenoxy) is 1. The summed E-state index contributed by atoms with van der Waals surface area (Å²) in [6, 6.07) is 10.4. The highest BCUT2D eigenvalue weighted by molar-refractivity contribution is 7.19. The third-order valence-corrected chi connectivity index (χ3v) is 6.47. The molecule has 1 aromatic carbocycles. The van der Waals surface area contributed by atoms with Crippen molar-refractivity contribution in [2.75, 3.05) is 51.3 Å². The Hall–Kier alpha value is -2.55. The lowest BCUT2D eigenvalue weighted by Gasteiger charge is -2.26. The van der Waals surface area contributed by atoms with Crippen molar-refractivity contribution in [2.45, 2.75) is 19.8 Å². The van der Waals surface area contributed by atoms with Crippen LogP contribution in [0.4, 0.5) is 5.82 Å². The van der Waals surface area contributed by atoms with E-state index in [1.54, 1.807) is 17.7 Å². The van der Waals surface area contributed by atoms with Gasteiger partial charge in [-0.3, -0.25) is 9.69 Å². The maximum absolute atomic E-state index is 12.1. The molecule has 0 saturated carbocycles. The van der Waals surface area contributed by atoms with E-state index in [-0.39, 0.29) is 5.91 Å². The average molecular weight is 440 g/mol. The molecule has 4 rings (SSSR count). The Morgan fingerprint density at radius 2 is 1.97 bits per heavy atom. The topological polar surface area (TPSA) is 79.4 Å². The van der Waals surface area contributed by atoms with Gasteiger partial charge in [0, 0.05) is 49.6 Å². The number of rotatable bonds is 9. The number of thiophene rings is 1. The molecule has 1 fully saturated rings. The van der Waals surface area contributed by atoms with Gasteiger partial charge in [-0.15, -0.1) is 11.3 Å². The number of benzene rings is 1. The summed E-state index contributed by atoms with van der Waals surface area (Å²) in [4.78, 5) is 25.6. The van der Waals surface area contributed by atoms with Crippen LogP contribution >= 0.6 is 11.3 Å². The summed E-state index contributed by atoms with van der Waals surface area (Å²) in [5.41, 5.74) is 2.35. The Bertz CT molecular complexity index is 1000. The van der Waals surface area contributed by atoms with Crippen LogP contribution in [0.3, 0.4) is 0 Å². The molecular weight excluding hydrogens is 410 g/mol. The summed E-state index contributed by atoms with van der Waals surface area (Å²) in [5, 5.41) is 7.51. The number of nitrogens with one attached hydrogen (secondary N) is 2. The SMILES string of the molecule is Cc1sc2ncnc(NCCCC(=O)NCCN3CCOCC3)c2c1-c1ccccc1. The minimum absolute atomic E-state index is 0.0965. The first kappa shape index (κ1) is 21.7. The van der Waals surface area contributed by atoms with Crippen LogP contribution in [0.1, 0.15) is 17.7 Å². The van der Waals surface area contributed by atoms with Gasteiger partial charge in [-0.1, -0.05) is 30.3 Å². The fourth-order valence-electron chi connectivity index (χ4n) is 3.85. The average Bonchev–Trinajstić information content (AvgIpc) is 3.14. The molecule has 3 aromatic rings. The molecule has 1 aliphatic heterocycles. The Morgan fingerprint density at radius 1 is 1.16 bits per heavy atom. The van der Waals surface area contributed by atoms with E-state index >= 15 is 0 Å². The van der Waals surface area contributed by atoms with E-state index in [0.717, 1.165) is 55.3 Å². The van der Waals surface area contributed by atoms with Crippen LogP contribution in [0, 0.1) is 6.92 Å². The fraction of sp³-hybridized carbons (Fsp3) is 0.435. The number of morpholine rings is 1. The van der Waals surface area contributed by atoms with E-state index < -0.39 is 0 Å². The third kappa shape index (κ3) is 5.58. The number of anilines is 1. The van der Waals surface area contributed by atoms with Gasteiger partial charge in [0.05, 0.1) is 18.6 Å². The molecule has 3 heterocycles. The van der Waals surface area contributed by atoms with Crippen molar-refractivity contribution in [1.29, 1.82) is 0 Å². The predicted molar refractivity (Wildman–Crippen MR) is 126 cm³/mol. The summed E-state index contributed by atoms with van der Waals surface area (Å²) in [6.07, 6.45) is 2.85. The summed E-state index contributed by atoms with van der Waals surface area (Å²) >= 11 is 1.69. The maximum atomic E-state index is 12.1. The highest BCUT2D eigenvalue weighted by atomic mass is 32.1. The quantitative estimate of drug-likeness (QED) is 0.498. The van der Waals surface area contributed by atoms with E-state index in [0.29, 0.717) is 19.5 Å². The molecular formula is C23H29N5O2S. The summed E-state index contributed by atoms with van der Waals surface area (Å²) < 4.78 is 5.35. The highest BCUT2D eigenvalue weighted by Crippen LogP contribution is 2.40. The number of fused-ring (bicyclic) bond motifs is 1. The minimum atomic E-state index is 0.0965. The number of hydrogen-bond donors (Lipinski definition) is 2. The van der Waals surface area contributed by atoms with Gasteiger partial charge in [-0.25, -0.2) is 9.97 Å². The lowest BCUT2D eigenvalue weighted by atomic mass is 10.0. The molecule has 31 heavy (non-hydrogen) atoms. The standard InChI is InChI=1S/C23H29N5O2S/c1-17-20(18-6-3-2-4-7-18)21-22(26-16-27-23(21)31-17)25-9-5-8-19(29)24-10-11-28-12-14-30-15-13-28/h2-4,6-7,16H,5,8-15H2,1H3,(H,24,29)(H,25,26,27). The molecule has 0 atom stereocenters. The summed E-state index contributed by atoms with van der Waals surface area (Å²) in [6.45, 7) is 7.84. The second-order valence-electron chi connectivity index (χ2n) is 7.64. The number of aromatic nitrogens is 2. The molecule has 0 bridgehead atoms. The van der Waals surface area contributed by atoms with Gasteiger partial charge < -0.3 is 15.4 Å². The van der Waals surface area contributed by atoms with E-state index in [2.05, 4.69) is 44.6 Å². The van der Waals surface area contributed by atoms with Crippen molar-refractivity contribution in [1.82, 2.24) is 20.2 Å². The molecule has 0 aliphatic carbocycles. The van der Waals surface area contributed by atoms with Gasteiger partial charge in [0.1, 0.15) is 17.0 Å². The lowest BCUT2D eigenvalue weighted by molar-refractivity contribution is -0.121. The molecule has 7 nitrogen and oxygen atoms in total. The van der Waals surface area contributed by atoms with Gasteiger partial charge >= 0.3 is 0 Å². The van der Waals surface area contributed by atoms with Crippen LogP contribution < -0.4 is 10.6 Å². The zero-order chi connectivity index (χ0) is 21.5. The number of nitrogens with zero attached hydrogens (tertiary/aromatic N) is 3. The fourth-order valence-corrected chi connectivity index (χ4v) is 4.87. The van der Waals surface area contributed by atoms with Gasteiger partial charge in [-0.05, 0) is 18.9 Å². The Kier molecular flexibility index (Phi) is 7.45. The second kappa shape index (κ2) is 10.7. The Morgan fingerprint density at radius 3 is 2.77 bits per heavy atom. The number of carbonyl (C=O) groups excluding carboxylic acids is 1. The third-order valence-electron chi connectivity index (χ3n) is 5.45. The predicted octanol–water partition coefficient (Wildman–Crippen LogP) is 3.31. The van der Waals surface area contributed by atoms with Gasteiger partial charge in [0.15, 0.2) is 0 Å². The second-order valence-corrected chi connectivity index (χ2v) is 8.84. The van der Waals surface area contributed by atoms with Crippen molar-refractivity contribution < 1.29 is 9.53 Å². The number of amides is 1. The first-order valence-electron chi connectivity index (χ1n) is 10.8. The molecule has 2 N–H and O–H groups in total. The highest BCUT2D eigenvalue weighted by Gasteiger charge is 2.16. The van der Waals surface area contributed by atoms with Gasteiger partial charge in [-0.2, -0.15) is 0 Å².